The molecule has 0 radical (unpaired) electrons. The average Bonchev–Trinajstić information content (AvgIpc) is 2.80. The summed E-state index contributed by atoms with van der Waals surface area (Å²) in [6, 6.07) is 15.8. The summed E-state index contributed by atoms with van der Waals surface area (Å²) in [5.41, 5.74) is 1.67. The number of benzene rings is 2. The fourth-order valence-electron chi connectivity index (χ4n) is 3.26. The molecule has 0 spiro atoms. The molecule has 2 rings (SSSR count). The van der Waals surface area contributed by atoms with E-state index in [0.29, 0.717) is 12.1 Å². The zero-order valence-corrected chi connectivity index (χ0v) is 20.0. The standard InChI is InChI=1S/C27H33N3O4/c1-6-16-30(23(31)19-29-26(33)34-27(3,4)5)24(22-15-11-14-20(7-2)17-22)25(32)28-18-21-12-9-8-10-13-21/h6-15,17,24H,1-2,16,18-19H2,3-5H3,(H,28,32)(H,29,33). The quantitative estimate of drug-likeness (QED) is 0.516. The predicted molar refractivity (Wildman–Crippen MR) is 134 cm³/mol. The second-order valence-electron chi connectivity index (χ2n) is 8.67. The molecule has 180 valence electrons. The van der Waals surface area contributed by atoms with Gasteiger partial charge in [0.15, 0.2) is 0 Å². The summed E-state index contributed by atoms with van der Waals surface area (Å²) in [7, 11) is 0. The summed E-state index contributed by atoms with van der Waals surface area (Å²) in [6.07, 6.45) is 2.50. The maximum Gasteiger partial charge on any atom is 0.408 e. The maximum absolute atomic E-state index is 13.4. The van der Waals surface area contributed by atoms with E-state index in [9.17, 15) is 14.4 Å². The zero-order chi connectivity index (χ0) is 25.1. The van der Waals surface area contributed by atoms with E-state index < -0.39 is 23.6 Å². The summed E-state index contributed by atoms with van der Waals surface area (Å²) in [5, 5.41) is 5.39. The van der Waals surface area contributed by atoms with Crippen LogP contribution in [0.3, 0.4) is 0 Å². The highest BCUT2D eigenvalue weighted by molar-refractivity contribution is 5.90. The molecule has 0 aliphatic carbocycles. The lowest BCUT2D eigenvalue weighted by molar-refractivity contribution is -0.139. The number of nitrogens with one attached hydrogen (secondary N) is 2. The Kier molecular flexibility index (Phi) is 9.62. The van der Waals surface area contributed by atoms with Gasteiger partial charge >= 0.3 is 6.09 Å². The molecule has 1 unspecified atom stereocenters. The van der Waals surface area contributed by atoms with E-state index >= 15 is 0 Å². The topological polar surface area (TPSA) is 87.7 Å². The Morgan fingerprint density at radius 3 is 2.35 bits per heavy atom. The van der Waals surface area contributed by atoms with E-state index in [1.807, 2.05) is 42.5 Å². The molecule has 34 heavy (non-hydrogen) atoms. The molecule has 2 aromatic rings. The van der Waals surface area contributed by atoms with Gasteiger partial charge in [0.25, 0.3) is 0 Å². The Bertz CT molecular complexity index is 1010. The highest BCUT2D eigenvalue weighted by Gasteiger charge is 2.31. The number of alkyl carbamates (subject to hydrolysis) is 1. The van der Waals surface area contributed by atoms with E-state index in [0.717, 1.165) is 11.1 Å². The van der Waals surface area contributed by atoms with Crippen molar-refractivity contribution in [1.29, 1.82) is 0 Å². The fraction of sp³-hybridized carbons (Fsp3) is 0.296. The molecule has 7 heteroatoms. The van der Waals surface area contributed by atoms with Gasteiger partial charge in [0.1, 0.15) is 18.2 Å². The molecule has 0 saturated heterocycles. The van der Waals surface area contributed by atoms with Crippen LogP contribution in [0.25, 0.3) is 6.08 Å². The molecule has 0 aromatic heterocycles. The lowest BCUT2D eigenvalue weighted by atomic mass is 10.0. The first-order valence-corrected chi connectivity index (χ1v) is 11.1. The Hall–Kier alpha value is -3.87. The highest BCUT2D eigenvalue weighted by atomic mass is 16.6. The van der Waals surface area contributed by atoms with E-state index in [1.54, 1.807) is 45.1 Å². The lowest BCUT2D eigenvalue weighted by Gasteiger charge is -2.31. The van der Waals surface area contributed by atoms with Crippen LogP contribution in [-0.2, 0) is 20.9 Å². The Morgan fingerprint density at radius 1 is 1.03 bits per heavy atom. The number of rotatable bonds is 10. The first-order valence-electron chi connectivity index (χ1n) is 11.1. The molecule has 0 fully saturated rings. The molecule has 2 aromatic carbocycles. The van der Waals surface area contributed by atoms with Crippen LogP contribution in [0.15, 0.2) is 73.8 Å². The largest absolute Gasteiger partial charge is 0.444 e. The molecule has 3 amide bonds. The SMILES string of the molecule is C=CCN(C(=O)CNC(=O)OC(C)(C)C)C(C(=O)NCc1ccccc1)c1cccc(C=C)c1. The number of hydrogen-bond acceptors (Lipinski definition) is 4. The third-order valence-electron chi connectivity index (χ3n) is 4.76. The van der Waals surface area contributed by atoms with E-state index in [-0.39, 0.29) is 19.0 Å². The highest BCUT2D eigenvalue weighted by Crippen LogP contribution is 2.23. The second-order valence-corrected chi connectivity index (χ2v) is 8.67. The number of ether oxygens (including phenoxy) is 1. The van der Waals surface area contributed by atoms with Gasteiger partial charge in [0, 0.05) is 13.1 Å². The normalized spacial score (nSPS) is 11.6. The summed E-state index contributed by atoms with van der Waals surface area (Å²) >= 11 is 0. The maximum atomic E-state index is 13.4. The van der Waals surface area contributed by atoms with Crippen molar-refractivity contribution in [1.82, 2.24) is 15.5 Å². The Labute approximate surface area is 201 Å². The van der Waals surface area contributed by atoms with Crippen molar-refractivity contribution in [3.63, 3.8) is 0 Å². The fourth-order valence-corrected chi connectivity index (χ4v) is 3.26. The van der Waals surface area contributed by atoms with Crippen LogP contribution in [0.5, 0.6) is 0 Å². The molecule has 1 atom stereocenters. The van der Waals surface area contributed by atoms with E-state index in [2.05, 4.69) is 23.8 Å². The first-order chi connectivity index (χ1) is 16.1. The minimum absolute atomic E-state index is 0.108. The van der Waals surface area contributed by atoms with Gasteiger partial charge in [-0.1, -0.05) is 67.3 Å². The second kappa shape index (κ2) is 12.4. The molecule has 0 aliphatic rings. The van der Waals surface area contributed by atoms with Gasteiger partial charge in [-0.15, -0.1) is 6.58 Å². The van der Waals surface area contributed by atoms with Crippen LogP contribution in [0.1, 0.15) is 43.5 Å². The van der Waals surface area contributed by atoms with Crippen LogP contribution in [0, 0.1) is 0 Å². The van der Waals surface area contributed by atoms with Crippen LogP contribution >= 0.6 is 0 Å². The van der Waals surface area contributed by atoms with Gasteiger partial charge in [0.05, 0.1) is 0 Å². The summed E-state index contributed by atoms with van der Waals surface area (Å²) < 4.78 is 5.21. The van der Waals surface area contributed by atoms with Crippen LogP contribution in [-0.4, -0.2) is 41.5 Å². The predicted octanol–water partition coefficient (Wildman–Crippen LogP) is 4.23. The number of carbonyl (C=O) groups excluding carboxylic acids is 3. The van der Waals surface area contributed by atoms with Crippen molar-refractivity contribution < 1.29 is 19.1 Å². The number of hydrogen-bond donors (Lipinski definition) is 2. The van der Waals surface area contributed by atoms with Gasteiger partial charge in [0.2, 0.25) is 11.8 Å². The molecular formula is C27H33N3O4. The van der Waals surface area contributed by atoms with Crippen molar-refractivity contribution in [3.8, 4) is 0 Å². The lowest BCUT2D eigenvalue weighted by Crippen LogP contribution is -2.47. The molecule has 0 bridgehead atoms. The Balaban J connectivity index is 2.29. The number of carbonyl (C=O) groups is 3. The molecular weight excluding hydrogens is 430 g/mol. The molecule has 2 N–H and O–H groups in total. The van der Waals surface area contributed by atoms with Gasteiger partial charge in [-0.2, -0.15) is 0 Å². The minimum Gasteiger partial charge on any atom is -0.444 e. The Morgan fingerprint density at radius 2 is 1.74 bits per heavy atom. The zero-order valence-electron chi connectivity index (χ0n) is 20.0. The van der Waals surface area contributed by atoms with Crippen molar-refractivity contribution in [3.05, 3.63) is 90.5 Å². The smallest absolute Gasteiger partial charge is 0.408 e. The number of amides is 3. The van der Waals surface area contributed by atoms with Crippen molar-refractivity contribution >= 4 is 24.0 Å². The average molecular weight is 464 g/mol. The molecule has 0 heterocycles. The number of nitrogens with zero attached hydrogens (tertiary/aromatic N) is 1. The summed E-state index contributed by atoms with van der Waals surface area (Å²) in [6.45, 7) is 12.8. The van der Waals surface area contributed by atoms with Crippen LogP contribution in [0.4, 0.5) is 4.79 Å². The monoisotopic (exact) mass is 463 g/mol. The molecule has 0 aliphatic heterocycles. The van der Waals surface area contributed by atoms with Crippen molar-refractivity contribution in [2.24, 2.45) is 0 Å². The van der Waals surface area contributed by atoms with Crippen molar-refractivity contribution in [2.75, 3.05) is 13.1 Å². The van der Waals surface area contributed by atoms with Gasteiger partial charge < -0.3 is 20.3 Å². The van der Waals surface area contributed by atoms with Crippen LogP contribution < -0.4 is 10.6 Å². The van der Waals surface area contributed by atoms with Gasteiger partial charge in [-0.05, 0) is 43.5 Å². The summed E-state index contributed by atoms with van der Waals surface area (Å²) in [5.74, 6) is -0.799. The van der Waals surface area contributed by atoms with Crippen molar-refractivity contribution in [2.45, 2.75) is 39.0 Å². The van der Waals surface area contributed by atoms with E-state index in [4.69, 9.17) is 4.74 Å². The van der Waals surface area contributed by atoms with Gasteiger partial charge in [-0.25, -0.2) is 4.79 Å². The molecule has 0 saturated carbocycles. The molecule has 7 nitrogen and oxygen atoms in total. The first kappa shape index (κ1) is 26.4. The van der Waals surface area contributed by atoms with Crippen LogP contribution in [0.2, 0.25) is 0 Å². The third-order valence-corrected chi connectivity index (χ3v) is 4.76. The summed E-state index contributed by atoms with van der Waals surface area (Å²) in [4.78, 5) is 40.0. The minimum atomic E-state index is -0.936. The van der Waals surface area contributed by atoms with Gasteiger partial charge in [-0.3, -0.25) is 9.59 Å². The van der Waals surface area contributed by atoms with E-state index in [1.165, 1.54) is 4.90 Å². The third kappa shape index (κ3) is 8.24.